The highest BCUT2D eigenvalue weighted by molar-refractivity contribution is 7.89. The second kappa shape index (κ2) is 9.18. The van der Waals surface area contributed by atoms with Crippen molar-refractivity contribution in [2.24, 2.45) is 5.14 Å². The van der Waals surface area contributed by atoms with E-state index in [0.29, 0.717) is 29.6 Å². The minimum atomic E-state index is -3.83. The normalized spacial score (nSPS) is 12.6. The second-order valence-electron chi connectivity index (χ2n) is 6.00. The molecule has 0 heterocycles. The number of rotatable bonds is 8. The lowest BCUT2D eigenvalue weighted by Gasteiger charge is -2.24. The van der Waals surface area contributed by atoms with Crippen LogP contribution < -0.4 is 15.2 Å². The molecule has 1 atom stereocenters. The van der Waals surface area contributed by atoms with Crippen LogP contribution in [0.25, 0.3) is 0 Å². The molecule has 9 heteroatoms. The largest absolute Gasteiger partial charge is 0.491 e. The fourth-order valence-electron chi connectivity index (χ4n) is 2.25. The van der Waals surface area contributed by atoms with E-state index in [1.807, 2.05) is 17.0 Å². The Morgan fingerprint density at radius 2 is 1.96 bits per heavy atom. The molecule has 0 bridgehead atoms. The van der Waals surface area contributed by atoms with Crippen LogP contribution in [0.1, 0.15) is 6.92 Å². The molecule has 2 aromatic carbocycles. The summed E-state index contributed by atoms with van der Waals surface area (Å²) in [6, 6.07) is 12.5. The molecule has 0 fully saturated rings. The Kier molecular flexibility index (Phi) is 7.20. The quantitative estimate of drug-likeness (QED) is 0.694. The third-order valence-electron chi connectivity index (χ3n) is 4.01. The summed E-state index contributed by atoms with van der Waals surface area (Å²) in [6.45, 7) is 2.60. The molecule has 0 spiro atoms. The van der Waals surface area contributed by atoms with Gasteiger partial charge >= 0.3 is 0 Å². The van der Waals surface area contributed by atoms with Gasteiger partial charge in [-0.2, -0.15) is 0 Å². The highest BCUT2D eigenvalue weighted by Gasteiger charge is 2.19. The summed E-state index contributed by atoms with van der Waals surface area (Å²) in [5, 5.41) is 8.32. The predicted molar refractivity (Wildman–Crippen MR) is 105 cm³/mol. The first-order chi connectivity index (χ1) is 12.7. The molecule has 0 aliphatic rings. The lowest BCUT2D eigenvalue weighted by Crippen LogP contribution is -2.41. The van der Waals surface area contributed by atoms with Crippen LogP contribution >= 0.6 is 11.6 Å². The van der Waals surface area contributed by atoms with Crippen molar-refractivity contribution in [3.8, 4) is 5.75 Å². The number of carbonyl (C=O) groups excluding carboxylic acids is 1. The molecule has 0 aliphatic heterocycles. The maximum absolute atomic E-state index is 12.4. The first-order valence-corrected chi connectivity index (χ1v) is 10.1. The van der Waals surface area contributed by atoms with Gasteiger partial charge in [0, 0.05) is 12.2 Å². The van der Waals surface area contributed by atoms with Gasteiger partial charge in [-0.25, -0.2) is 13.6 Å². The van der Waals surface area contributed by atoms with E-state index < -0.39 is 16.1 Å². The molecule has 27 heavy (non-hydrogen) atoms. The van der Waals surface area contributed by atoms with Crippen molar-refractivity contribution in [1.29, 1.82) is 0 Å². The highest BCUT2D eigenvalue weighted by Crippen LogP contribution is 2.23. The lowest BCUT2D eigenvalue weighted by atomic mass is 10.2. The fourth-order valence-corrected chi connectivity index (χ4v) is 3.00. The zero-order valence-corrected chi connectivity index (χ0v) is 16.6. The molecule has 0 radical (unpaired) electrons. The number of hydrogen-bond acceptors (Lipinski definition) is 5. The smallest absolute Gasteiger partial charge is 0.241 e. The van der Waals surface area contributed by atoms with E-state index >= 15 is 0 Å². The van der Waals surface area contributed by atoms with Crippen molar-refractivity contribution in [1.82, 2.24) is 4.90 Å². The van der Waals surface area contributed by atoms with Crippen LogP contribution in [0.4, 0.5) is 5.69 Å². The highest BCUT2D eigenvalue weighted by atomic mass is 35.5. The molecule has 0 saturated heterocycles. The van der Waals surface area contributed by atoms with Gasteiger partial charge in [0.1, 0.15) is 12.4 Å². The van der Waals surface area contributed by atoms with E-state index in [4.69, 9.17) is 21.5 Å². The molecule has 3 N–H and O–H groups in total. The Bertz CT molecular complexity index is 905. The number of likely N-dealkylation sites (N-methyl/N-ethyl adjacent to an activating group) is 1. The number of halogens is 1. The third kappa shape index (κ3) is 6.21. The molecule has 2 rings (SSSR count). The monoisotopic (exact) mass is 411 g/mol. The number of para-hydroxylation sites is 1. The maximum atomic E-state index is 12.4. The Balaban J connectivity index is 1.90. The van der Waals surface area contributed by atoms with Gasteiger partial charge in [0.05, 0.1) is 16.0 Å². The molecular weight excluding hydrogens is 390 g/mol. The Hall–Kier alpha value is -2.13. The van der Waals surface area contributed by atoms with E-state index in [2.05, 4.69) is 5.32 Å². The van der Waals surface area contributed by atoms with Crippen molar-refractivity contribution in [3.63, 3.8) is 0 Å². The van der Waals surface area contributed by atoms with Crippen LogP contribution in [0, 0.1) is 0 Å². The molecule has 2 aromatic rings. The number of benzene rings is 2. The molecular formula is C18H22ClN3O4S. The summed E-state index contributed by atoms with van der Waals surface area (Å²) in [7, 11) is -2.04. The molecule has 7 nitrogen and oxygen atoms in total. The summed E-state index contributed by atoms with van der Waals surface area (Å²) in [5.41, 5.74) is 0.360. The predicted octanol–water partition coefficient (Wildman–Crippen LogP) is 2.33. The molecule has 0 saturated carbocycles. The summed E-state index contributed by atoms with van der Waals surface area (Å²) < 4.78 is 28.4. The lowest BCUT2D eigenvalue weighted by molar-refractivity contribution is -0.120. The van der Waals surface area contributed by atoms with Gasteiger partial charge in [0.25, 0.3) is 0 Å². The van der Waals surface area contributed by atoms with Crippen LogP contribution in [0.3, 0.4) is 0 Å². The number of hydrogen-bond donors (Lipinski definition) is 2. The number of nitrogens with one attached hydrogen (secondary N) is 1. The van der Waals surface area contributed by atoms with E-state index in [9.17, 15) is 13.2 Å². The number of carbonyl (C=O) groups is 1. The number of anilines is 1. The summed E-state index contributed by atoms with van der Waals surface area (Å²) in [4.78, 5) is 14.2. The molecule has 0 aromatic heterocycles. The number of sulfonamides is 1. The maximum Gasteiger partial charge on any atom is 0.241 e. The van der Waals surface area contributed by atoms with Crippen LogP contribution in [0.5, 0.6) is 5.75 Å². The van der Waals surface area contributed by atoms with Gasteiger partial charge in [0.2, 0.25) is 15.9 Å². The standard InChI is InChI=1S/C18H22ClN3O4S/c1-13(22(2)10-11-26-17-9-4-3-8-16(17)19)18(23)21-14-6-5-7-15(12-14)27(20,24)25/h3-9,12-13H,10-11H2,1-2H3,(H,21,23)(H2,20,24,25). The van der Waals surface area contributed by atoms with Crippen LogP contribution in [-0.2, 0) is 14.8 Å². The molecule has 1 amide bonds. The van der Waals surface area contributed by atoms with Gasteiger partial charge in [-0.3, -0.25) is 9.69 Å². The minimum Gasteiger partial charge on any atom is -0.491 e. The number of amides is 1. The van der Waals surface area contributed by atoms with Crippen molar-refractivity contribution < 1.29 is 17.9 Å². The van der Waals surface area contributed by atoms with Gasteiger partial charge in [-0.15, -0.1) is 0 Å². The van der Waals surface area contributed by atoms with Gasteiger partial charge < -0.3 is 10.1 Å². The number of ether oxygens (including phenoxy) is 1. The van der Waals surface area contributed by atoms with Crippen molar-refractivity contribution >= 4 is 33.2 Å². The van der Waals surface area contributed by atoms with E-state index in [-0.39, 0.29) is 10.8 Å². The zero-order valence-electron chi connectivity index (χ0n) is 15.1. The SMILES string of the molecule is CC(C(=O)Nc1cccc(S(N)(=O)=O)c1)N(C)CCOc1ccccc1Cl. The minimum absolute atomic E-state index is 0.0607. The van der Waals surface area contributed by atoms with Crippen molar-refractivity contribution in [3.05, 3.63) is 53.6 Å². The van der Waals surface area contributed by atoms with E-state index in [1.54, 1.807) is 32.2 Å². The van der Waals surface area contributed by atoms with Gasteiger partial charge in [-0.05, 0) is 44.3 Å². The second-order valence-corrected chi connectivity index (χ2v) is 7.97. The molecule has 1 unspecified atom stereocenters. The average Bonchev–Trinajstić information content (AvgIpc) is 2.62. The van der Waals surface area contributed by atoms with Crippen LogP contribution in [-0.4, -0.2) is 45.5 Å². The van der Waals surface area contributed by atoms with Crippen LogP contribution in [0.15, 0.2) is 53.4 Å². The summed E-state index contributed by atoms with van der Waals surface area (Å²) in [5.74, 6) is 0.311. The number of nitrogens with two attached hydrogens (primary N) is 1. The number of primary sulfonamides is 1. The number of nitrogens with zero attached hydrogens (tertiary/aromatic N) is 1. The average molecular weight is 412 g/mol. The Morgan fingerprint density at radius 1 is 1.26 bits per heavy atom. The first kappa shape index (κ1) is 21.2. The molecule has 0 aliphatic carbocycles. The fraction of sp³-hybridized carbons (Fsp3) is 0.278. The van der Waals surface area contributed by atoms with E-state index in [1.165, 1.54) is 18.2 Å². The van der Waals surface area contributed by atoms with E-state index in [0.717, 1.165) is 0 Å². The topological polar surface area (TPSA) is 102 Å². The van der Waals surface area contributed by atoms with Crippen molar-refractivity contribution in [2.75, 3.05) is 25.5 Å². The molecule has 146 valence electrons. The van der Waals surface area contributed by atoms with Crippen molar-refractivity contribution in [2.45, 2.75) is 17.9 Å². The Labute approximate surface area is 164 Å². The Morgan fingerprint density at radius 3 is 2.63 bits per heavy atom. The van der Waals surface area contributed by atoms with Gasteiger partial charge in [0.15, 0.2) is 0 Å². The van der Waals surface area contributed by atoms with Gasteiger partial charge in [-0.1, -0.05) is 29.8 Å². The summed E-state index contributed by atoms with van der Waals surface area (Å²) >= 11 is 6.03. The first-order valence-electron chi connectivity index (χ1n) is 8.20. The summed E-state index contributed by atoms with van der Waals surface area (Å²) in [6.07, 6.45) is 0. The van der Waals surface area contributed by atoms with Crippen LogP contribution in [0.2, 0.25) is 5.02 Å². The third-order valence-corrected chi connectivity index (χ3v) is 5.23. The zero-order chi connectivity index (χ0) is 20.0.